The van der Waals surface area contributed by atoms with Crippen molar-refractivity contribution in [2.45, 2.75) is 38.5 Å². The number of hydrogen-bond acceptors (Lipinski definition) is 4. The maximum Gasteiger partial charge on any atom is 0.0759 e. The Kier molecular flexibility index (Phi) is 4.09. The molecule has 0 aliphatic heterocycles. The highest BCUT2D eigenvalue weighted by atomic mass is 16.2. The van der Waals surface area contributed by atoms with Gasteiger partial charge < -0.3 is 5.11 Å². The minimum atomic E-state index is 0.200. The van der Waals surface area contributed by atoms with E-state index >= 15 is 0 Å². The van der Waals surface area contributed by atoms with Crippen molar-refractivity contribution >= 4 is 21.8 Å². The number of H-pyrrole nitrogens is 1. The van der Waals surface area contributed by atoms with Crippen LogP contribution in [0.3, 0.4) is 0 Å². The van der Waals surface area contributed by atoms with E-state index < -0.39 is 0 Å². The van der Waals surface area contributed by atoms with Gasteiger partial charge in [-0.25, -0.2) is 4.98 Å². The summed E-state index contributed by atoms with van der Waals surface area (Å²) < 4.78 is 0. The summed E-state index contributed by atoms with van der Waals surface area (Å²) in [4.78, 5) is 9.66. The third-order valence-electron chi connectivity index (χ3n) is 5.58. The summed E-state index contributed by atoms with van der Waals surface area (Å²) in [7, 11) is 0. The smallest absolute Gasteiger partial charge is 0.0759 e. The number of benzene rings is 1. The van der Waals surface area contributed by atoms with Crippen molar-refractivity contribution in [1.29, 1.82) is 0 Å². The standard InChI is InChI=1S/C22H22N4O/c27-11-3-4-15-8-7-14(12-23-15)22-17-6-2-1-5-16(17)21-18-13-24-26-19(18)9-10-20(21)25-22/h7-10,12-13,27H,1-6,11H2,(H,24,26). The van der Waals surface area contributed by atoms with Crippen LogP contribution in [0.2, 0.25) is 0 Å². The van der Waals surface area contributed by atoms with Crippen molar-refractivity contribution in [2.75, 3.05) is 6.61 Å². The molecule has 1 aliphatic carbocycles. The molecule has 0 saturated carbocycles. The fourth-order valence-corrected chi connectivity index (χ4v) is 4.26. The molecule has 1 aromatic carbocycles. The first-order valence-electron chi connectivity index (χ1n) is 9.69. The highest BCUT2D eigenvalue weighted by Crippen LogP contribution is 2.37. The van der Waals surface area contributed by atoms with Crippen molar-refractivity contribution in [3.63, 3.8) is 0 Å². The first-order chi connectivity index (χ1) is 13.3. The number of hydrogen-bond donors (Lipinski definition) is 2. The molecule has 0 spiro atoms. The second-order valence-corrected chi connectivity index (χ2v) is 7.28. The molecule has 5 rings (SSSR count). The van der Waals surface area contributed by atoms with Crippen LogP contribution >= 0.6 is 0 Å². The SMILES string of the molecule is OCCCc1ccc(-c2nc3ccc4[nH]ncc4c3c3c2CCCC3)cn1. The fourth-order valence-electron chi connectivity index (χ4n) is 4.26. The maximum absolute atomic E-state index is 9.01. The van der Waals surface area contributed by atoms with Crippen LogP contribution in [0.4, 0.5) is 0 Å². The number of aliphatic hydroxyl groups excluding tert-OH is 1. The molecule has 1 aliphatic rings. The van der Waals surface area contributed by atoms with Gasteiger partial charge in [-0.3, -0.25) is 10.1 Å². The summed E-state index contributed by atoms with van der Waals surface area (Å²) in [5, 5.41) is 18.8. The van der Waals surface area contributed by atoms with Crippen LogP contribution in [-0.2, 0) is 19.3 Å². The van der Waals surface area contributed by atoms with Gasteiger partial charge in [-0.05, 0) is 73.9 Å². The van der Waals surface area contributed by atoms with E-state index in [0.29, 0.717) is 0 Å². The predicted molar refractivity (Wildman–Crippen MR) is 107 cm³/mol. The second-order valence-electron chi connectivity index (χ2n) is 7.28. The summed E-state index contributed by atoms with van der Waals surface area (Å²) in [6, 6.07) is 8.34. The van der Waals surface area contributed by atoms with Crippen molar-refractivity contribution in [3.05, 3.63) is 53.5 Å². The number of nitrogens with one attached hydrogen (secondary N) is 1. The van der Waals surface area contributed by atoms with Crippen LogP contribution in [0.5, 0.6) is 0 Å². The van der Waals surface area contributed by atoms with E-state index in [1.807, 2.05) is 12.4 Å². The summed E-state index contributed by atoms with van der Waals surface area (Å²) in [5.74, 6) is 0. The van der Waals surface area contributed by atoms with Crippen molar-refractivity contribution in [1.82, 2.24) is 20.2 Å². The number of rotatable bonds is 4. The quantitative estimate of drug-likeness (QED) is 0.579. The van der Waals surface area contributed by atoms with E-state index in [2.05, 4.69) is 39.4 Å². The van der Waals surface area contributed by atoms with Crippen molar-refractivity contribution in [2.24, 2.45) is 0 Å². The molecule has 0 amide bonds. The zero-order valence-electron chi connectivity index (χ0n) is 15.2. The molecule has 0 saturated heterocycles. The molecule has 5 nitrogen and oxygen atoms in total. The molecule has 4 aromatic rings. The number of aryl methyl sites for hydroxylation is 2. The molecule has 0 radical (unpaired) electrons. The summed E-state index contributed by atoms with van der Waals surface area (Å²) in [5.41, 5.74) is 8.06. The van der Waals surface area contributed by atoms with Crippen LogP contribution < -0.4 is 0 Å². The monoisotopic (exact) mass is 358 g/mol. The average molecular weight is 358 g/mol. The number of aromatic amines is 1. The van der Waals surface area contributed by atoms with Gasteiger partial charge >= 0.3 is 0 Å². The molecular formula is C22H22N4O. The molecule has 3 heterocycles. The Morgan fingerprint density at radius 1 is 1.00 bits per heavy atom. The number of aliphatic hydroxyl groups is 1. The Hall–Kier alpha value is -2.79. The molecule has 2 N–H and O–H groups in total. The van der Waals surface area contributed by atoms with Gasteiger partial charge in [0.25, 0.3) is 0 Å². The van der Waals surface area contributed by atoms with Gasteiger partial charge in [0.05, 0.1) is 22.9 Å². The lowest BCUT2D eigenvalue weighted by molar-refractivity contribution is 0.288. The van der Waals surface area contributed by atoms with Crippen LogP contribution in [0.1, 0.15) is 36.1 Å². The molecule has 3 aromatic heterocycles. The molecule has 0 fully saturated rings. The molecule has 0 atom stereocenters. The Bertz CT molecular complexity index is 1110. The van der Waals surface area contributed by atoms with Gasteiger partial charge in [0.15, 0.2) is 0 Å². The minimum Gasteiger partial charge on any atom is -0.396 e. The van der Waals surface area contributed by atoms with Gasteiger partial charge in [0.1, 0.15) is 0 Å². The Morgan fingerprint density at radius 3 is 2.70 bits per heavy atom. The normalized spacial score (nSPS) is 14.0. The maximum atomic E-state index is 9.01. The predicted octanol–water partition coefficient (Wildman–Crippen LogP) is 3.98. The molecule has 0 bridgehead atoms. The van der Waals surface area contributed by atoms with E-state index in [9.17, 15) is 0 Å². The molecular weight excluding hydrogens is 336 g/mol. The van der Waals surface area contributed by atoms with E-state index in [1.165, 1.54) is 34.7 Å². The topological polar surface area (TPSA) is 74.7 Å². The molecule has 136 valence electrons. The largest absolute Gasteiger partial charge is 0.396 e. The zero-order chi connectivity index (χ0) is 18.2. The Balaban J connectivity index is 1.69. The zero-order valence-corrected chi connectivity index (χ0v) is 15.2. The Labute approximate surface area is 157 Å². The molecule has 27 heavy (non-hydrogen) atoms. The first-order valence-corrected chi connectivity index (χ1v) is 9.69. The van der Waals surface area contributed by atoms with Crippen LogP contribution in [0.15, 0.2) is 36.7 Å². The number of fused-ring (bicyclic) bond motifs is 5. The highest BCUT2D eigenvalue weighted by Gasteiger charge is 2.21. The van der Waals surface area contributed by atoms with Gasteiger partial charge in [0.2, 0.25) is 0 Å². The van der Waals surface area contributed by atoms with Gasteiger partial charge in [-0.1, -0.05) is 0 Å². The lowest BCUT2D eigenvalue weighted by atomic mass is 9.85. The molecule has 5 heteroatoms. The lowest BCUT2D eigenvalue weighted by Gasteiger charge is -2.21. The van der Waals surface area contributed by atoms with E-state index in [1.54, 1.807) is 0 Å². The van der Waals surface area contributed by atoms with E-state index in [4.69, 9.17) is 10.1 Å². The van der Waals surface area contributed by atoms with Gasteiger partial charge in [0, 0.05) is 34.8 Å². The summed E-state index contributed by atoms with van der Waals surface area (Å²) in [6.07, 6.45) is 9.99. The van der Waals surface area contributed by atoms with E-state index in [0.717, 1.165) is 53.7 Å². The lowest BCUT2D eigenvalue weighted by Crippen LogP contribution is -2.08. The number of pyridine rings is 2. The molecule has 0 unspecified atom stereocenters. The second kappa shape index (κ2) is 6.74. The third kappa shape index (κ3) is 2.79. The van der Waals surface area contributed by atoms with Crippen LogP contribution in [0.25, 0.3) is 33.1 Å². The van der Waals surface area contributed by atoms with Crippen molar-refractivity contribution < 1.29 is 5.11 Å². The van der Waals surface area contributed by atoms with Gasteiger partial charge in [-0.15, -0.1) is 0 Å². The highest BCUT2D eigenvalue weighted by molar-refractivity contribution is 6.07. The Morgan fingerprint density at radius 2 is 1.89 bits per heavy atom. The average Bonchev–Trinajstić information content (AvgIpc) is 3.21. The van der Waals surface area contributed by atoms with Gasteiger partial charge in [-0.2, -0.15) is 5.10 Å². The van der Waals surface area contributed by atoms with Crippen LogP contribution in [0, 0.1) is 0 Å². The van der Waals surface area contributed by atoms with E-state index in [-0.39, 0.29) is 6.61 Å². The first kappa shape index (κ1) is 16.4. The van der Waals surface area contributed by atoms with Crippen LogP contribution in [-0.4, -0.2) is 31.9 Å². The summed E-state index contributed by atoms with van der Waals surface area (Å²) in [6.45, 7) is 0.200. The number of nitrogens with zero attached hydrogens (tertiary/aromatic N) is 3. The fraction of sp³-hybridized carbons (Fsp3) is 0.318. The number of aromatic nitrogens is 4. The minimum absolute atomic E-state index is 0.200. The third-order valence-corrected chi connectivity index (χ3v) is 5.58. The van der Waals surface area contributed by atoms with Crippen molar-refractivity contribution in [3.8, 4) is 11.3 Å². The summed E-state index contributed by atoms with van der Waals surface area (Å²) >= 11 is 0.